The summed E-state index contributed by atoms with van der Waals surface area (Å²) >= 11 is 0. The number of hydrogen-bond acceptors (Lipinski definition) is 2. The van der Waals surface area contributed by atoms with Crippen LogP contribution in [0.5, 0.6) is 0 Å². The van der Waals surface area contributed by atoms with Crippen molar-refractivity contribution < 1.29 is 9.59 Å². The summed E-state index contributed by atoms with van der Waals surface area (Å²) in [5, 5.41) is 5.83. The maximum absolute atomic E-state index is 11.8. The Labute approximate surface area is 186 Å². The first-order chi connectivity index (χ1) is 14.7. The predicted octanol–water partition coefficient (Wildman–Crippen LogP) is 6.61. The Bertz CT molecular complexity index is 416. The molecule has 0 aromatic rings. The second-order valence-corrected chi connectivity index (χ2v) is 8.16. The molecule has 4 heteroatoms. The van der Waals surface area contributed by atoms with Gasteiger partial charge in [-0.2, -0.15) is 0 Å². The molecule has 0 atom stereocenters. The van der Waals surface area contributed by atoms with E-state index in [4.69, 9.17) is 0 Å². The van der Waals surface area contributed by atoms with Crippen molar-refractivity contribution in [3.63, 3.8) is 0 Å². The maximum atomic E-state index is 11.8. The van der Waals surface area contributed by atoms with E-state index in [1.165, 1.54) is 64.2 Å². The minimum absolute atomic E-state index is 0.0740. The Balaban J connectivity index is 3.44. The molecule has 0 saturated carbocycles. The molecule has 4 nitrogen and oxygen atoms in total. The standard InChI is InChI=1S/C26H48N2O2/c1-3-5-7-9-11-13-15-19-23-27-25(29)21-17-18-22-26(30)28-24-20-16-14-12-10-8-6-4-2/h15-16,19-20H,3-14,17-18,21-24H2,1-2H3,(H,27,29)(H,28,30)/b19-15+,20-16+. The number of unbranched alkanes of at least 4 members (excludes halogenated alkanes) is 11. The molecular formula is C26H48N2O2. The summed E-state index contributed by atoms with van der Waals surface area (Å²) in [6.45, 7) is 5.68. The summed E-state index contributed by atoms with van der Waals surface area (Å²) in [5.74, 6) is 0.148. The Morgan fingerprint density at radius 3 is 1.33 bits per heavy atom. The summed E-state index contributed by atoms with van der Waals surface area (Å²) in [4.78, 5) is 23.6. The van der Waals surface area contributed by atoms with Crippen molar-refractivity contribution >= 4 is 11.8 Å². The largest absolute Gasteiger partial charge is 0.353 e. The van der Waals surface area contributed by atoms with Crippen LogP contribution in [0.25, 0.3) is 0 Å². The van der Waals surface area contributed by atoms with Crippen molar-refractivity contribution in [2.45, 2.75) is 117 Å². The first-order valence-electron chi connectivity index (χ1n) is 12.5. The highest BCUT2D eigenvalue weighted by atomic mass is 16.2. The molecule has 2 N–H and O–H groups in total. The molecule has 0 saturated heterocycles. The third-order valence-electron chi connectivity index (χ3n) is 5.17. The van der Waals surface area contributed by atoms with E-state index in [1.54, 1.807) is 0 Å². The summed E-state index contributed by atoms with van der Waals surface area (Å²) in [5.41, 5.74) is 0. The van der Waals surface area contributed by atoms with E-state index in [9.17, 15) is 9.59 Å². The Morgan fingerprint density at radius 1 is 0.533 bits per heavy atom. The summed E-state index contributed by atoms with van der Waals surface area (Å²) in [6.07, 6.45) is 26.1. The molecule has 0 aliphatic heterocycles. The molecule has 0 fully saturated rings. The number of carbonyl (C=O) groups excluding carboxylic acids is 2. The zero-order valence-corrected chi connectivity index (χ0v) is 19.9. The molecule has 0 bridgehead atoms. The Morgan fingerprint density at radius 2 is 0.933 bits per heavy atom. The van der Waals surface area contributed by atoms with Crippen LogP contribution in [0.1, 0.15) is 117 Å². The third kappa shape index (κ3) is 22.7. The molecule has 0 unspecified atom stereocenters. The number of allylic oxidation sites excluding steroid dienone is 2. The molecule has 174 valence electrons. The molecule has 2 amide bonds. The zero-order valence-electron chi connectivity index (χ0n) is 19.9. The van der Waals surface area contributed by atoms with E-state index >= 15 is 0 Å². The van der Waals surface area contributed by atoms with Gasteiger partial charge in [-0.05, 0) is 38.5 Å². The molecule has 0 aliphatic carbocycles. The lowest BCUT2D eigenvalue weighted by molar-refractivity contribution is -0.122. The lowest BCUT2D eigenvalue weighted by atomic mass is 10.1. The van der Waals surface area contributed by atoms with Crippen molar-refractivity contribution in [2.24, 2.45) is 0 Å². The monoisotopic (exact) mass is 420 g/mol. The van der Waals surface area contributed by atoms with Crippen molar-refractivity contribution in [3.8, 4) is 0 Å². The van der Waals surface area contributed by atoms with Gasteiger partial charge in [0.25, 0.3) is 0 Å². The highest BCUT2D eigenvalue weighted by Crippen LogP contribution is 2.06. The van der Waals surface area contributed by atoms with Gasteiger partial charge in [0.05, 0.1) is 0 Å². The van der Waals surface area contributed by atoms with E-state index in [0.29, 0.717) is 25.9 Å². The molecule has 30 heavy (non-hydrogen) atoms. The van der Waals surface area contributed by atoms with Crippen LogP contribution in [0, 0.1) is 0 Å². The normalized spacial score (nSPS) is 11.4. The summed E-state index contributed by atoms with van der Waals surface area (Å²) < 4.78 is 0. The second kappa shape index (κ2) is 23.7. The van der Waals surface area contributed by atoms with Gasteiger partial charge in [-0.15, -0.1) is 0 Å². The zero-order chi connectivity index (χ0) is 22.1. The Kier molecular flexibility index (Phi) is 22.4. The second-order valence-electron chi connectivity index (χ2n) is 8.16. The highest BCUT2D eigenvalue weighted by Gasteiger charge is 2.02. The van der Waals surface area contributed by atoms with Gasteiger partial charge in [-0.3, -0.25) is 9.59 Å². The van der Waals surface area contributed by atoms with Gasteiger partial charge in [-0.1, -0.05) is 89.5 Å². The fraction of sp³-hybridized carbons (Fsp3) is 0.769. The van der Waals surface area contributed by atoms with Gasteiger partial charge in [0.2, 0.25) is 11.8 Å². The van der Waals surface area contributed by atoms with Gasteiger partial charge in [0.1, 0.15) is 0 Å². The first-order valence-corrected chi connectivity index (χ1v) is 12.5. The molecule has 0 aliphatic rings. The van der Waals surface area contributed by atoms with Gasteiger partial charge in [0, 0.05) is 25.9 Å². The van der Waals surface area contributed by atoms with Crippen molar-refractivity contribution in [3.05, 3.63) is 24.3 Å². The quantitative estimate of drug-likeness (QED) is 0.162. The van der Waals surface area contributed by atoms with E-state index in [0.717, 1.165) is 25.7 Å². The fourth-order valence-electron chi connectivity index (χ4n) is 3.23. The Hall–Kier alpha value is -1.58. The van der Waals surface area contributed by atoms with Gasteiger partial charge in [0.15, 0.2) is 0 Å². The third-order valence-corrected chi connectivity index (χ3v) is 5.17. The topological polar surface area (TPSA) is 58.2 Å². The van der Waals surface area contributed by atoms with Gasteiger partial charge >= 0.3 is 0 Å². The van der Waals surface area contributed by atoms with Crippen LogP contribution in [0.4, 0.5) is 0 Å². The number of amides is 2. The van der Waals surface area contributed by atoms with Crippen LogP contribution in [0.15, 0.2) is 24.3 Å². The van der Waals surface area contributed by atoms with Crippen LogP contribution in [-0.2, 0) is 9.59 Å². The van der Waals surface area contributed by atoms with Crippen LogP contribution in [0.2, 0.25) is 0 Å². The average molecular weight is 421 g/mol. The van der Waals surface area contributed by atoms with Crippen LogP contribution in [-0.4, -0.2) is 24.9 Å². The van der Waals surface area contributed by atoms with E-state index in [-0.39, 0.29) is 11.8 Å². The smallest absolute Gasteiger partial charge is 0.220 e. The predicted molar refractivity (Wildman–Crippen MR) is 130 cm³/mol. The lowest BCUT2D eigenvalue weighted by Crippen LogP contribution is -2.24. The minimum atomic E-state index is 0.0740. The van der Waals surface area contributed by atoms with Crippen molar-refractivity contribution in [1.29, 1.82) is 0 Å². The molecule has 0 radical (unpaired) electrons. The summed E-state index contributed by atoms with van der Waals surface area (Å²) in [6, 6.07) is 0. The minimum Gasteiger partial charge on any atom is -0.353 e. The number of nitrogens with one attached hydrogen (secondary N) is 2. The van der Waals surface area contributed by atoms with Crippen LogP contribution >= 0.6 is 0 Å². The molecule has 0 spiro atoms. The lowest BCUT2D eigenvalue weighted by Gasteiger charge is -2.04. The van der Waals surface area contributed by atoms with Crippen molar-refractivity contribution in [2.75, 3.05) is 13.1 Å². The molecule has 0 rings (SSSR count). The van der Waals surface area contributed by atoms with Gasteiger partial charge in [-0.25, -0.2) is 0 Å². The maximum Gasteiger partial charge on any atom is 0.220 e. The van der Waals surface area contributed by atoms with Gasteiger partial charge < -0.3 is 10.6 Å². The van der Waals surface area contributed by atoms with Crippen LogP contribution < -0.4 is 10.6 Å². The van der Waals surface area contributed by atoms with Crippen LogP contribution in [0.3, 0.4) is 0 Å². The highest BCUT2D eigenvalue weighted by molar-refractivity contribution is 5.77. The number of carbonyl (C=O) groups is 2. The van der Waals surface area contributed by atoms with E-state index in [2.05, 4.69) is 36.6 Å². The molecule has 0 heterocycles. The molecule has 0 aromatic carbocycles. The number of hydrogen-bond donors (Lipinski definition) is 2. The summed E-state index contributed by atoms with van der Waals surface area (Å²) in [7, 11) is 0. The van der Waals surface area contributed by atoms with Crippen molar-refractivity contribution in [1.82, 2.24) is 10.6 Å². The average Bonchev–Trinajstić information content (AvgIpc) is 2.74. The van der Waals surface area contributed by atoms with E-state index in [1.807, 2.05) is 12.2 Å². The molecule has 0 aromatic heterocycles. The fourth-order valence-corrected chi connectivity index (χ4v) is 3.23. The number of rotatable bonds is 21. The first kappa shape index (κ1) is 28.4. The SMILES string of the molecule is CCCCCCC/C=C/CNC(=O)CCCCC(=O)NC/C=C/CCCCCCC. The van der Waals surface area contributed by atoms with E-state index < -0.39 is 0 Å². The molecular weight excluding hydrogens is 372 g/mol.